The maximum atomic E-state index is 12.0. The van der Waals surface area contributed by atoms with E-state index < -0.39 is 0 Å². The van der Waals surface area contributed by atoms with Crippen molar-refractivity contribution in [2.45, 2.75) is 38.0 Å². The Labute approximate surface area is 134 Å². The maximum Gasteiger partial charge on any atom is 0.230 e. The highest BCUT2D eigenvalue weighted by Crippen LogP contribution is 2.16. The highest BCUT2D eigenvalue weighted by atomic mass is 32.2. The number of hydrogen-bond donors (Lipinski definition) is 1. The molecule has 0 aromatic carbocycles. The molecule has 1 saturated heterocycles. The van der Waals surface area contributed by atoms with Crippen molar-refractivity contribution in [3.05, 3.63) is 0 Å². The number of rotatable bonds is 7. The number of aromatic nitrogens is 4. The number of tetrazole rings is 1. The van der Waals surface area contributed by atoms with E-state index in [-0.39, 0.29) is 11.4 Å². The largest absolute Gasteiger partial charge is 0.379 e. The monoisotopic (exact) mass is 328 g/mol. The van der Waals surface area contributed by atoms with Gasteiger partial charge in [-0.15, -0.1) is 5.10 Å². The van der Waals surface area contributed by atoms with Crippen LogP contribution in [-0.4, -0.2) is 75.2 Å². The van der Waals surface area contributed by atoms with Crippen LogP contribution in [-0.2, 0) is 16.1 Å². The lowest BCUT2D eigenvalue weighted by atomic mass is 10.0. The van der Waals surface area contributed by atoms with Gasteiger partial charge in [0.1, 0.15) is 0 Å². The molecule has 1 aromatic heterocycles. The van der Waals surface area contributed by atoms with E-state index in [1.165, 1.54) is 11.8 Å². The van der Waals surface area contributed by atoms with Crippen molar-refractivity contribution < 1.29 is 9.53 Å². The Balaban J connectivity index is 1.74. The van der Waals surface area contributed by atoms with Gasteiger partial charge in [-0.1, -0.05) is 11.8 Å². The Morgan fingerprint density at radius 3 is 2.82 bits per heavy atom. The number of carbonyl (C=O) groups is 1. The molecule has 8 nitrogen and oxygen atoms in total. The molecule has 0 radical (unpaired) electrons. The summed E-state index contributed by atoms with van der Waals surface area (Å²) in [6, 6.07) is 0. The smallest absolute Gasteiger partial charge is 0.230 e. The van der Waals surface area contributed by atoms with Gasteiger partial charge in [-0.3, -0.25) is 9.69 Å². The van der Waals surface area contributed by atoms with Gasteiger partial charge in [0.05, 0.1) is 19.0 Å². The number of ether oxygens (including phenoxy) is 1. The van der Waals surface area contributed by atoms with E-state index in [9.17, 15) is 4.79 Å². The minimum absolute atomic E-state index is 0.00279. The number of aryl methyl sites for hydroxylation is 1. The van der Waals surface area contributed by atoms with Crippen LogP contribution in [0.1, 0.15) is 20.8 Å². The first kappa shape index (κ1) is 17.2. The lowest BCUT2D eigenvalue weighted by Crippen LogP contribution is -2.55. The lowest BCUT2D eigenvalue weighted by molar-refractivity contribution is -0.119. The molecule has 1 N–H and O–H groups in total. The highest BCUT2D eigenvalue weighted by molar-refractivity contribution is 7.99. The Morgan fingerprint density at radius 1 is 1.41 bits per heavy atom. The summed E-state index contributed by atoms with van der Waals surface area (Å²) in [6.45, 7) is 10.9. The average molecular weight is 328 g/mol. The highest BCUT2D eigenvalue weighted by Gasteiger charge is 2.28. The van der Waals surface area contributed by atoms with Crippen molar-refractivity contribution in [1.29, 1.82) is 0 Å². The number of thioether (sulfide) groups is 1. The van der Waals surface area contributed by atoms with Gasteiger partial charge in [-0.25, -0.2) is 4.68 Å². The second kappa shape index (κ2) is 7.89. The minimum atomic E-state index is -0.0743. The molecule has 1 fully saturated rings. The number of hydrogen-bond acceptors (Lipinski definition) is 7. The van der Waals surface area contributed by atoms with Crippen molar-refractivity contribution in [1.82, 2.24) is 30.4 Å². The summed E-state index contributed by atoms with van der Waals surface area (Å²) in [5.41, 5.74) is -0.0743. The molecule has 0 unspecified atom stereocenters. The van der Waals surface area contributed by atoms with Crippen LogP contribution in [0, 0.1) is 0 Å². The Kier molecular flexibility index (Phi) is 6.16. The standard InChI is InChI=1S/C13H24N6O2S/c1-4-19-12(15-16-17-19)22-9-11(20)14-10-13(2,3)18-5-7-21-8-6-18/h4-10H2,1-3H3,(H,14,20). The van der Waals surface area contributed by atoms with Gasteiger partial charge < -0.3 is 10.1 Å². The summed E-state index contributed by atoms with van der Waals surface area (Å²) in [4.78, 5) is 14.4. The summed E-state index contributed by atoms with van der Waals surface area (Å²) in [5, 5.41) is 15.0. The molecule has 22 heavy (non-hydrogen) atoms. The van der Waals surface area contributed by atoms with Crippen molar-refractivity contribution in [2.24, 2.45) is 0 Å². The molecule has 1 aliphatic rings. The van der Waals surface area contributed by atoms with Crippen molar-refractivity contribution >= 4 is 17.7 Å². The Hall–Kier alpha value is -1.19. The predicted octanol–water partition coefficient (Wildman–Crippen LogP) is 0.0121. The number of amides is 1. The third kappa shape index (κ3) is 4.65. The molecule has 1 amide bonds. The van der Waals surface area contributed by atoms with E-state index in [2.05, 4.69) is 39.6 Å². The third-order valence-electron chi connectivity index (χ3n) is 3.72. The molecule has 0 saturated carbocycles. The molecule has 0 spiro atoms. The van der Waals surface area contributed by atoms with E-state index in [0.717, 1.165) is 26.3 Å². The van der Waals surface area contributed by atoms with Gasteiger partial charge in [0, 0.05) is 31.7 Å². The summed E-state index contributed by atoms with van der Waals surface area (Å²) in [5.74, 6) is 0.316. The normalized spacial score (nSPS) is 16.7. The average Bonchev–Trinajstić information content (AvgIpc) is 2.99. The van der Waals surface area contributed by atoms with E-state index in [4.69, 9.17) is 4.74 Å². The second-order valence-corrected chi connectivity index (χ2v) is 6.70. The zero-order valence-electron chi connectivity index (χ0n) is 13.4. The molecule has 1 aliphatic heterocycles. The fraction of sp³-hybridized carbons (Fsp3) is 0.846. The van der Waals surface area contributed by atoms with E-state index in [0.29, 0.717) is 24.0 Å². The molecule has 0 aliphatic carbocycles. The molecular weight excluding hydrogens is 304 g/mol. The maximum absolute atomic E-state index is 12.0. The van der Waals surface area contributed by atoms with Gasteiger partial charge in [0.15, 0.2) is 0 Å². The summed E-state index contributed by atoms with van der Waals surface area (Å²) in [6.07, 6.45) is 0. The second-order valence-electron chi connectivity index (χ2n) is 5.75. The quantitative estimate of drug-likeness (QED) is 0.706. The molecule has 124 valence electrons. The number of carbonyl (C=O) groups excluding carboxylic acids is 1. The summed E-state index contributed by atoms with van der Waals surface area (Å²) < 4.78 is 7.04. The molecule has 2 heterocycles. The SMILES string of the molecule is CCn1nnnc1SCC(=O)NCC(C)(C)N1CCOCC1. The van der Waals surface area contributed by atoms with Crippen LogP contribution in [0.4, 0.5) is 0 Å². The minimum Gasteiger partial charge on any atom is -0.379 e. The molecule has 1 aromatic rings. The van der Waals surface area contributed by atoms with Gasteiger partial charge in [-0.2, -0.15) is 0 Å². The number of nitrogens with zero attached hydrogens (tertiary/aromatic N) is 5. The van der Waals surface area contributed by atoms with Crippen LogP contribution in [0.15, 0.2) is 5.16 Å². The van der Waals surface area contributed by atoms with Crippen molar-refractivity contribution in [3.8, 4) is 0 Å². The van der Waals surface area contributed by atoms with Gasteiger partial charge >= 0.3 is 0 Å². The van der Waals surface area contributed by atoms with E-state index in [1.807, 2.05) is 6.92 Å². The number of morpholine rings is 1. The van der Waals surface area contributed by atoms with Gasteiger partial charge in [0.25, 0.3) is 0 Å². The fourth-order valence-corrected chi connectivity index (χ4v) is 3.05. The Bertz CT molecular complexity index is 487. The van der Waals surface area contributed by atoms with Gasteiger partial charge in [-0.05, 0) is 31.2 Å². The van der Waals surface area contributed by atoms with Crippen LogP contribution in [0.5, 0.6) is 0 Å². The van der Waals surface area contributed by atoms with Crippen LogP contribution in [0.2, 0.25) is 0 Å². The Morgan fingerprint density at radius 2 is 2.14 bits per heavy atom. The third-order valence-corrected chi connectivity index (χ3v) is 4.67. The van der Waals surface area contributed by atoms with Crippen LogP contribution < -0.4 is 5.32 Å². The molecule has 0 bridgehead atoms. The molecule has 9 heteroatoms. The topological polar surface area (TPSA) is 85.2 Å². The summed E-state index contributed by atoms with van der Waals surface area (Å²) in [7, 11) is 0. The summed E-state index contributed by atoms with van der Waals surface area (Å²) >= 11 is 1.35. The predicted molar refractivity (Wildman–Crippen MR) is 83.7 cm³/mol. The zero-order valence-corrected chi connectivity index (χ0v) is 14.2. The van der Waals surface area contributed by atoms with Crippen LogP contribution >= 0.6 is 11.8 Å². The first-order valence-electron chi connectivity index (χ1n) is 7.51. The molecular formula is C13H24N6O2S. The van der Waals surface area contributed by atoms with Crippen molar-refractivity contribution in [3.63, 3.8) is 0 Å². The number of nitrogens with one attached hydrogen (secondary N) is 1. The van der Waals surface area contributed by atoms with Crippen LogP contribution in [0.25, 0.3) is 0 Å². The van der Waals surface area contributed by atoms with E-state index >= 15 is 0 Å². The van der Waals surface area contributed by atoms with Gasteiger partial charge in [0.2, 0.25) is 11.1 Å². The first-order chi connectivity index (χ1) is 10.5. The first-order valence-corrected chi connectivity index (χ1v) is 8.50. The van der Waals surface area contributed by atoms with Crippen LogP contribution in [0.3, 0.4) is 0 Å². The van der Waals surface area contributed by atoms with Crippen molar-refractivity contribution in [2.75, 3.05) is 38.6 Å². The molecule has 2 rings (SSSR count). The fourth-order valence-electron chi connectivity index (χ4n) is 2.27. The lowest BCUT2D eigenvalue weighted by Gasteiger charge is -2.40. The molecule has 0 atom stereocenters. The zero-order chi connectivity index (χ0) is 16.0. The van der Waals surface area contributed by atoms with E-state index in [1.54, 1.807) is 4.68 Å².